The Morgan fingerprint density at radius 3 is 2.10 bits per heavy atom. The first-order valence-corrected chi connectivity index (χ1v) is 11.8. The van der Waals surface area contributed by atoms with Gasteiger partial charge in [0.1, 0.15) is 0 Å². The summed E-state index contributed by atoms with van der Waals surface area (Å²) in [4.78, 5) is 14.7. The molecule has 0 aliphatic carbocycles. The van der Waals surface area contributed by atoms with Crippen LogP contribution in [-0.4, -0.2) is 57.3 Å². The fourth-order valence-corrected chi connectivity index (χ4v) is 4.83. The van der Waals surface area contributed by atoms with Gasteiger partial charge in [0.2, 0.25) is 15.9 Å². The summed E-state index contributed by atoms with van der Waals surface area (Å²) in [6.45, 7) is 5.08. The highest BCUT2D eigenvalue weighted by Gasteiger charge is 2.21. The number of amides is 1. The molecule has 0 aromatic heterocycles. The molecule has 2 rings (SSSR count). The average Bonchev–Trinajstić information content (AvgIpc) is 2.74. The number of rotatable bonds is 11. The number of carbonyl (C=O) groups excluding carboxylic acids is 1. The van der Waals surface area contributed by atoms with Crippen LogP contribution in [0.4, 0.5) is 0 Å². The predicted molar refractivity (Wildman–Crippen MR) is 121 cm³/mol. The normalized spacial score (nSPS) is 12.9. The summed E-state index contributed by atoms with van der Waals surface area (Å²) in [5.41, 5.74) is 2.10. The van der Waals surface area contributed by atoms with Crippen LogP contribution in [0.5, 0.6) is 0 Å². The fourth-order valence-electron chi connectivity index (χ4n) is 3.37. The summed E-state index contributed by atoms with van der Waals surface area (Å²) in [6.07, 6.45) is 0.923. The van der Waals surface area contributed by atoms with E-state index in [0.29, 0.717) is 32.5 Å². The highest BCUT2D eigenvalue weighted by atomic mass is 32.2. The minimum Gasteiger partial charge on any atom is -0.354 e. The molecule has 6 nitrogen and oxygen atoms in total. The van der Waals surface area contributed by atoms with Crippen molar-refractivity contribution in [2.45, 2.75) is 37.6 Å². The van der Waals surface area contributed by atoms with Crippen LogP contribution < -0.4 is 5.32 Å². The average molecular weight is 432 g/mol. The third-order valence-electron chi connectivity index (χ3n) is 5.21. The Balaban J connectivity index is 1.90. The van der Waals surface area contributed by atoms with Gasteiger partial charge in [0, 0.05) is 26.1 Å². The standard InChI is InChI=1S/C23H33N3O3S/c1-5-26(6-2)30(28,29)21-15-12-19(13-16-21)14-17-23(27)24-18-22(25(3)4)20-10-8-7-9-11-20/h7-13,15-16,22H,5-6,14,17-18H2,1-4H3,(H,24,27)/t22-/m1/s1. The van der Waals surface area contributed by atoms with Crippen molar-refractivity contribution < 1.29 is 13.2 Å². The van der Waals surface area contributed by atoms with Crippen LogP contribution >= 0.6 is 0 Å². The number of benzene rings is 2. The fraction of sp³-hybridized carbons (Fsp3) is 0.435. The molecule has 2 aromatic carbocycles. The van der Waals surface area contributed by atoms with Gasteiger partial charge < -0.3 is 10.2 Å². The van der Waals surface area contributed by atoms with Crippen LogP contribution in [-0.2, 0) is 21.2 Å². The molecule has 1 amide bonds. The van der Waals surface area contributed by atoms with E-state index >= 15 is 0 Å². The van der Waals surface area contributed by atoms with E-state index in [1.165, 1.54) is 4.31 Å². The van der Waals surface area contributed by atoms with E-state index in [1.54, 1.807) is 24.3 Å². The molecule has 1 atom stereocenters. The second-order valence-corrected chi connectivity index (χ2v) is 9.37. The molecule has 0 spiro atoms. The molecule has 0 radical (unpaired) electrons. The number of carbonyl (C=O) groups is 1. The summed E-state index contributed by atoms with van der Waals surface area (Å²) < 4.78 is 26.5. The molecule has 0 bridgehead atoms. The third-order valence-corrected chi connectivity index (χ3v) is 7.27. The number of hydrogen-bond donors (Lipinski definition) is 1. The second-order valence-electron chi connectivity index (χ2n) is 7.43. The number of nitrogens with one attached hydrogen (secondary N) is 1. The molecule has 0 fully saturated rings. The molecule has 0 heterocycles. The molecule has 164 valence electrons. The Morgan fingerprint density at radius 2 is 1.57 bits per heavy atom. The Morgan fingerprint density at radius 1 is 0.967 bits per heavy atom. The minimum atomic E-state index is -3.45. The van der Waals surface area contributed by atoms with Crippen molar-refractivity contribution in [3.63, 3.8) is 0 Å². The Labute approximate surface area is 180 Å². The molecule has 0 saturated heterocycles. The van der Waals surface area contributed by atoms with E-state index in [-0.39, 0.29) is 16.8 Å². The monoisotopic (exact) mass is 431 g/mol. The number of sulfonamides is 1. The zero-order valence-electron chi connectivity index (χ0n) is 18.3. The molecule has 7 heteroatoms. The van der Waals surface area contributed by atoms with Crippen LogP contribution in [0.25, 0.3) is 0 Å². The summed E-state index contributed by atoms with van der Waals surface area (Å²) in [6, 6.07) is 17.0. The van der Waals surface area contributed by atoms with Crippen LogP contribution in [0.2, 0.25) is 0 Å². The van der Waals surface area contributed by atoms with E-state index < -0.39 is 10.0 Å². The predicted octanol–water partition coefficient (Wildman–Crippen LogP) is 3.07. The van der Waals surface area contributed by atoms with Gasteiger partial charge in [-0.15, -0.1) is 0 Å². The molecular formula is C23H33N3O3S. The largest absolute Gasteiger partial charge is 0.354 e. The van der Waals surface area contributed by atoms with Gasteiger partial charge in [-0.3, -0.25) is 4.79 Å². The highest BCUT2D eigenvalue weighted by Crippen LogP contribution is 2.18. The Kier molecular flexibility index (Phi) is 9.02. The van der Waals surface area contributed by atoms with Gasteiger partial charge in [-0.1, -0.05) is 56.3 Å². The minimum absolute atomic E-state index is 0.0161. The van der Waals surface area contributed by atoms with Crippen molar-refractivity contribution in [1.29, 1.82) is 0 Å². The van der Waals surface area contributed by atoms with Gasteiger partial charge in [0.25, 0.3) is 0 Å². The maximum absolute atomic E-state index is 12.6. The van der Waals surface area contributed by atoms with Crippen LogP contribution in [0.1, 0.15) is 37.4 Å². The van der Waals surface area contributed by atoms with E-state index in [2.05, 4.69) is 22.3 Å². The topological polar surface area (TPSA) is 69.7 Å². The lowest BCUT2D eigenvalue weighted by Crippen LogP contribution is -2.34. The summed E-state index contributed by atoms with van der Waals surface area (Å²) >= 11 is 0. The van der Waals surface area contributed by atoms with E-state index in [1.807, 2.05) is 46.1 Å². The van der Waals surface area contributed by atoms with Gasteiger partial charge in [-0.05, 0) is 43.8 Å². The number of aryl methyl sites for hydroxylation is 1. The molecule has 0 aliphatic rings. The lowest BCUT2D eigenvalue weighted by Gasteiger charge is -2.25. The van der Waals surface area contributed by atoms with Crippen molar-refractivity contribution >= 4 is 15.9 Å². The Bertz CT molecular complexity index is 893. The summed E-state index contributed by atoms with van der Waals surface area (Å²) in [7, 11) is 0.543. The van der Waals surface area contributed by atoms with Gasteiger partial charge >= 0.3 is 0 Å². The van der Waals surface area contributed by atoms with Crippen molar-refractivity contribution in [3.8, 4) is 0 Å². The van der Waals surface area contributed by atoms with Crippen LogP contribution in [0.3, 0.4) is 0 Å². The Hall–Kier alpha value is -2.22. The second kappa shape index (κ2) is 11.2. The lowest BCUT2D eigenvalue weighted by atomic mass is 10.1. The quantitative estimate of drug-likeness (QED) is 0.594. The zero-order valence-corrected chi connectivity index (χ0v) is 19.2. The van der Waals surface area contributed by atoms with E-state index in [0.717, 1.165) is 11.1 Å². The van der Waals surface area contributed by atoms with Crippen molar-refractivity contribution in [3.05, 3.63) is 65.7 Å². The van der Waals surface area contributed by atoms with Gasteiger partial charge in [-0.25, -0.2) is 8.42 Å². The van der Waals surface area contributed by atoms with Gasteiger partial charge in [-0.2, -0.15) is 4.31 Å². The first-order chi connectivity index (χ1) is 14.3. The lowest BCUT2D eigenvalue weighted by molar-refractivity contribution is -0.121. The first-order valence-electron chi connectivity index (χ1n) is 10.4. The number of likely N-dealkylation sites (N-methyl/N-ethyl adjacent to an activating group) is 1. The number of hydrogen-bond acceptors (Lipinski definition) is 4. The maximum Gasteiger partial charge on any atom is 0.243 e. The van der Waals surface area contributed by atoms with Crippen LogP contribution in [0.15, 0.2) is 59.5 Å². The van der Waals surface area contributed by atoms with Crippen molar-refractivity contribution in [1.82, 2.24) is 14.5 Å². The molecule has 0 unspecified atom stereocenters. The van der Waals surface area contributed by atoms with Crippen molar-refractivity contribution in [2.24, 2.45) is 0 Å². The first kappa shape index (κ1) is 24.1. The molecular weight excluding hydrogens is 398 g/mol. The summed E-state index contributed by atoms with van der Waals surface area (Å²) in [5, 5.41) is 3.02. The maximum atomic E-state index is 12.6. The highest BCUT2D eigenvalue weighted by molar-refractivity contribution is 7.89. The number of nitrogens with zero attached hydrogens (tertiary/aromatic N) is 2. The van der Waals surface area contributed by atoms with Gasteiger partial charge in [0.15, 0.2) is 0 Å². The zero-order chi connectivity index (χ0) is 22.1. The molecule has 1 N–H and O–H groups in total. The molecule has 0 aliphatic heterocycles. The molecule has 30 heavy (non-hydrogen) atoms. The van der Waals surface area contributed by atoms with Crippen LogP contribution in [0, 0.1) is 0 Å². The molecule has 2 aromatic rings. The SMILES string of the molecule is CCN(CC)S(=O)(=O)c1ccc(CCC(=O)NC[C@H](c2ccccc2)N(C)C)cc1. The van der Waals surface area contributed by atoms with Gasteiger partial charge in [0.05, 0.1) is 10.9 Å². The molecule has 0 saturated carbocycles. The van der Waals surface area contributed by atoms with E-state index in [4.69, 9.17) is 0 Å². The third kappa shape index (κ3) is 6.39. The van der Waals surface area contributed by atoms with E-state index in [9.17, 15) is 13.2 Å². The smallest absolute Gasteiger partial charge is 0.243 e. The van der Waals surface area contributed by atoms with Crippen molar-refractivity contribution in [2.75, 3.05) is 33.7 Å². The summed E-state index contributed by atoms with van der Waals surface area (Å²) in [5.74, 6) is -0.0161.